The Morgan fingerprint density at radius 3 is 1.79 bits per heavy atom. The first kappa shape index (κ1) is 13.7. The van der Waals surface area contributed by atoms with Crippen LogP contribution in [-0.2, 0) is 14.2 Å². The lowest BCUT2D eigenvalue weighted by molar-refractivity contribution is 0.00748. The van der Waals surface area contributed by atoms with Gasteiger partial charge in [-0.3, -0.25) is 0 Å². The molecule has 0 spiro atoms. The second-order valence-electron chi connectivity index (χ2n) is 2.77. The fourth-order valence-electron chi connectivity index (χ4n) is 0.811. The van der Waals surface area contributed by atoms with E-state index in [0.29, 0.717) is 33.0 Å². The molecule has 0 aliphatic heterocycles. The van der Waals surface area contributed by atoms with Crippen molar-refractivity contribution in [1.82, 2.24) is 0 Å². The van der Waals surface area contributed by atoms with Crippen LogP contribution in [0.15, 0.2) is 0 Å². The fraction of sp³-hybridized carbons (Fsp3) is 0.900. The number of hydrogen-bond donors (Lipinski definition) is 1. The maximum Gasteiger partial charge on any atom is 0.0872 e. The Hall–Kier alpha value is -0.290. The topological polar surface area (TPSA) is 47.9 Å². The molecule has 0 fully saturated rings. The molecule has 84 valence electrons. The first-order valence-electron chi connectivity index (χ1n) is 5.05. The van der Waals surface area contributed by atoms with Gasteiger partial charge in [0.1, 0.15) is 0 Å². The Morgan fingerprint density at radius 2 is 1.29 bits per heavy atom. The van der Waals surface area contributed by atoms with E-state index in [0.717, 1.165) is 19.4 Å². The molecule has 0 saturated heterocycles. The second kappa shape index (κ2) is 12.7. The van der Waals surface area contributed by atoms with E-state index < -0.39 is 0 Å². The number of unbranched alkanes of at least 4 members (excludes halogenated alkanes) is 1. The van der Waals surface area contributed by atoms with E-state index >= 15 is 0 Å². The van der Waals surface area contributed by atoms with Crippen LogP contribution in [0.3, 0.4) is 0 Å². The van der Waals surface area contributed by atoms with Crippen molar-refractivity contribution in [2.45, 2.75) is 12.8 Å². The summed E-state index contributed by atoms with van der Waals surface area (Å²) in [6.07, 6.45) is 1.91. The molecular weight excluding hydrogens is 184 g/mol. The molecule has 0 radical (unpaired) electrons. The minimum atomic E-state index is 0.0637. The molecule has 4 heteroatoms. The number of hydrogen-bond acceptors (Lipinski definition) is 4. The Kier molecular flexibility index (Phi) is 12.4. The normalized spacial score (nSPS) is 10.6. The molecule has 0 saturated carbocycles. The Morgan fingerprint density at radius 1 is 0.786 bits per heavy atom. The van der Waals surface area contributed by atoms with Gasteiger partial charge in [-0.1, -0.05) is 0 Å². The van der Waals surface area contributed by atoms with Gasteiger partial charge in [-0.2, -0.15) is 0 Å². The minimum absolute atomic E-state index is 0.0637. The summed E-state index contributed by atoms with van der Waals surface area (Å²) in [5.41, 5.74) is 0. The molecular formula is C10H21O4+. The van der Waals surface area contributed by atoms with Gasteiger partial charge in [0.15, 0.2) is 0 Å². The molecule has 0 bridgehead atoms. The summed E-state index contributed by atoms with van der Waals surface area (Å²) in [7, 11) is 0. The third-order valence-corrected chi connectivity index (χ3v) is 1.52. The lowest BCUT2D eigenvalue weighted by Crippen LogP contribution is -2.11. The van der Waals surface area contributed by atoms with Crippen LogP contribution in [0.25, 0.3) is 0 Å². The van der Waals surface area contributed by atoms with Crippen molar-refractivity contribution in [2.75, 3.05) is 46.2 Å². The highest BCUT2D eigenvalue weighted by molar-refractivity contribution is 4.39. The van der Waals surface area contributed by atoms with E-state index in [9.17, 15) is 0 Å². The third-order valence-electron chi connectivity index (χ3n) is 1.52. The summed E-state index contributed by atoms with van der Waals surface area (Å²) in [5, 5.41) is 8.40. The van der Waals surface area contributed by atoms with Crippen molar-refractivity contribution in [3.63, 3.8) is 0 Å². The zero-order valence-corrected chi connectivity index (χ0v) is 8.74. The van der Waals surface area contributed by atoms with E-state index in [4.69, 9.17) is 19.3 Å². The molecule has 1 N–H and O–H groups in total. The lowest BCUT2D eigenvalue weighted by atomic mass is 10.4. The molecule has 4 nitrogen and oxygen atoms in total. The van der Waals surface area contributed by atoms with Crippen molar-refractivity contribution < 1.29 is 19.3 Å². The van der Waals surface area contributed by atoms with Crippen molar-refractivity contribution in [2.24, 2.45) is 0 Å². The third kappa shape index (κ3) is 11.7. The van der Waals surface area contributed by atoms with Crippen LogP contribution >= 0.6 is 0 Å². The molecule has 0 heterocycles. The van der Waals surface area contributed by atoms with E-state index in [1.165, 1.54) is 0 Å². The van der Waals surface area contributed by atoms with E-state index in [1.807, 2.05) is 0 Å². The predicted octanol–water partition coefficient (Wildman–Crippen LogP) is 0.643. The first-order chi connectivity index (χ1) is 6.91. The Balaban J connectivity index is 2.78. The quantitative estimate of drug-likeness (QED) is 0.397. The highest BCUT2D eigenvalue weighted by Gasteiger charge is 1.91. The van der Waals surface area contributed by atoms with Crippen molar-refractivity contribution >= 4 is 0 Å². The molecule has 0 aromatic carbocycles. The molecule has 0 atom stereocenters. The average Bonchev–Trinajstić information content (AvgIpc) is 2.21. The van der Waals surface area contributed by atoms with Gasteiger partial charge in [0.05, 0.1) is 59.6 Å². The summed E-state index contributed by atoms with van der Waals surface area (Å²) in [6.45, 7) is 7.22. The molecule has 0 aliphatic rings. The van der Waals surface area contributed by atoms with Gasteiger partial charge in [-0.05, 0) is 0 Å². The smallest absolute Gasteiger partial charge is 0.0872 e. The molecule has 0 aromatic rings. The number of ether oxygens (including phenoxy) is 3. The van der Waals surface area contributed by atoms with Gasteiger partial charge in [-0.25, -0.2) is 0 Å². The highest BCUT2D eigenvalue weighted by Crippen LogP contribution is 1.87. The summed E-state index contributed by atoms with van der Waals surface area (Å²) in [4.78, 5) is 0. The molecule has 14 heavy (non-hydrogen) atoms. The van der Waals surface area contributed by atoms with Crippen LogP contribution in [-0.4, -0.2) is 51.4 Å². The monoisotopic (exact) mass is 205 g/mol. The zero-order valence-electron chi connectivity index (χ0n) is 8.74. The average molecular weight is 205 g/mol. The van der Waals surface area contributed by atoms with Gasteiger partial charge in [0.25, 0.3) is 0 Å². The maximum absolute atomic E-state index is 8.40. The van der Waals surface area contributed by atoms with Crippen molar-refractivity contribution in [3.8, 4) is 0 Å². The standard InChI is InChI=1S/C10H21O4/c1-2-3-5-12-7-9-14-10-8-13-6-4-11/h11H,1-10H2/q+1. The number of aliphatic hydroxyl groups is 1. The lowest BCUT2D eigenvalue weighted by Gasteiger charge is -2.05. The van der Waals surface area contributed by atoms with Crippen LogP contribution < -0.4 is 0 Å². The van der Waals surface area contributed by atoms with Gasteiger partial charge >= 0.3 is 0 Å². The number of aliphatic hydroxyl groups excluding tert-OH is 1. The van der Waals surface area contributed by atoms with Crippen LogP contribution in [0.5, 0.6) is 0 Å². The summed E-state index contributed by atoms with van der Waals surface area (Å²) >= 11 is 0. The zero-order chi connectivity index (χ0) is 10.5. The maximum atomic E-state index is 8.40. The van der Waals surface area contributed by atoms with Gasteiger partial charge in [-0.15, -0.1) is 0 Å². The van der Waals surface area contributed by atoms with E-state index in [2.05, 4.69) is 6.92 Å². The fourth-order valence-corrected chi connectivity index (χ4v) is 0.811. The summed E-state index contributed by atoms with van der Waals surface area (Å²) in [6, 6.07) is 0. The summed E-state index contributed by atoms with van der Waals surface area (Å²) in [5.74, 6) is 0. The Labute approximate surface area is 86.2 Å². The molecule has 0 aliphatic carbocycles. The van der Waals surface area contributed by atoms with Gasteiger partial charge in [0.2, 0.25) is 0 Å². The van der Waals surface area contributed by atoms with Crippen LogP contribution in [0.2, 0.25) is 0 Å². The second-order valence-corrected chi connectivity index (χ2v) is 2.77. The minimum Gasteiger partial charge on any atom is -0.394 e. The van der Waals surface area contributed by atoms with Crippen LogP contribution in [0.1, 0.15) is 12.8 Å². The van der Waals surface area contributed by atoms with Gasteiger partial charge < -0.3 is 19.3 Å². The van der Waals surface area contributed by atoms with E-state index in [1.54, 1.807) is 0 Å². The van der Waals surface area contributed by atoms with Crippen LogP contribution in [0.4, 0.5) is 0 Å². The van der Waals surface area contributed by atoms with Crippen LogP contribution in [0, 0.1) is 6.92 Å². The SMILES string of the molecule is [CH2+]CCCOCCOCCOCCO. The number of rotatable bonds is 11. The molecule has 0 unspecified atom stereocenters. The molecule has 0 aromatic heterocycles. The largest absolute Gasteiger partial charge is 0.394 e. The van der Waals surface area contributed by atoms with E-state index in [-0.39, 0.29) is 6.61 Å². The molecule has 0 amide bonds. The first-order valence-corrected chi connectivity index (χ1v) is 5.05. The van der Waals surface area contributed by atoms with Gasteiger partial charge in [0, 0.05) is 6.42 Å². The highest BCUT2D eigenvalue weighted by atomic mass is 16.5. The Bertz CT molecular complexity index is 86.1. The summed E-state index contributed by atoms with van der Waals surface area (Å²) < 4.78 is 15.5. The van der Waals surface area contributed by atoms with Crippen molar-refractivity contribution in [1.29, 1.82) is 0 Å². The predicted molar refractivity (Wildman–Crippen MR) is 54.1 cm³/mol. The van der Waals surface area contributed by atoms with Crippen molar-refractivity contribution in [3.05, 3.63) is 6.92 Å². The molecule has 0 rings (SSSR count).